The highest BCUT2D eigenvalue weighted by Gasteiger charge is 2.04. The molecule has 1 aromatic heterocycles. The lowest BCUT2D eigenvalue weighted by atomic mass is 10.4. The van der Waals surface area contributed by atoms with Gasteiger partial charge < -0.3 is 5.32 Å². The lowest BCUT2D eigenvalue weighted by Crippen LogP contribution is -2.25. The molecule has 1 rings (SSSR count). The summed E-state index contributed by atoms with van der Waals surface area (Å²) in [4.78, 5) is 15.5. The fourth-order valence-corrected chi connectivity index (χ4v) is 1.72. The van der Waals surface area contributed by atoms with Gasteiger partial charge in [-0.15, -0.1) is 11.3 Å². The number of hydrogen-bond acceptors (Lipinski definition) is 3. The van der Waals surface area contributed by atoms with E-state index in [1.165, 1.54) is 11.3 Å². The maximum Gasteiger partial charge on any atom is 0.226 e. The van der Waals surface area contributed by atoms with Gasteiger partial charge in [0.2, 0.25) is 5.91 Å². The average molecular weight is 198 g/mol. The molecule has 0 radical (unpaired) electrons. The van der Waals surface area contributed by atoms with Crippen molar-refractivity contribution in [3.05, 3.63) is 16.1 Å². The largest absolute Gasteiger partial charge is 0.356 e. The van der Waals surface area contributed by atoms with Crippen LogP contribution in [0.2, 0.25) is 0 Å². The molecule has 0 bridgehead atoms. The molecule has 3 nitrogen and oxygen atoms in total. The molecule has 0 aliphatic heterocycles. The molecule has 0 spiro atoms. The smallest absolute Gasteiger partial charge is 0.226 e. The van der Waals surface area contributed by atoms with Crippen LogP contribution in [-0.2, 0) is 11.2 Å². The number of hydrogen-bond donors (Lipinski definition) is 1. The van der Waals surface area contributed by atoms with E-state index in [2.05, 4.69) is 10.3 Å². The zero-order chi connectivity index (χ0) is 9.68. The van der Waals surface area contributed by atoms with Crippen LogP contribution in [0, 0.1) is 6.92 Å². The molecule has 0 saturated heterocycles. The highest BCUT2D eigenvalue weighted by atomic mass is 32.1. The number of amides is 1. The Kier molecular flexibility index (Phi) is 3.89. The lowest BCUT2D eigenvalue weighted by Gasteiger charge is -1.99. The predicted molar refractivity (Wildman–Crippen MR) is 53.9 cm³/mol. The topological polar surface area (TPSA) is 42.0 Å². The summed E-state index contributed by atoms with van der Waals surface area (Å²) in [6.07, 6.45) is 1.39. The minimum absolute atomic E-state index is 0.0659. The molecule has 0 saturated carbocycles. The summed E-state index contributed by atoms with van der Waals surface area (Å²) in [6, 6.07) is 0. The minimum Gasteiger partial charge on any atom is -0.356 e. The normalized spacial score (nSPS) is 10.0. The van der Waals surface area contributed by atoms with Crippen molar-refractivity contribution < 1.29 is 4.79 Å². The fraction of sp³-hybridized carbons (Fsp3) is 0.556. The van der Waals surface area contributed by atoms with E-state index in [1.54, 1.807) is 0 Å². The third-order valence-corrected chi connectivity index (χ3v) is 2.52. The second kappa shape index (κ2) is 4.97. The number of carbonyl (C=O) groups excluding carboxylic acids is 1. The summed E-state index contributed by atoms with van der Waals surface area (Å²) in [7, 11) is 0. The third kappa shape index (κ3) is 3.55. The molecule has 4 heteroatoms. The Morgan fingerprint density at radius 3 is 3.00 bits per heavy atom. The molecule has 1 aromatic rings. The van der Waals surface area contributed by atoms with Crippen LogP contribution in [0.4, 0.5) is 0 Å². The van der Waals surface area contributed by atoms with Crippen molar-refractivity contribution in [2.75, 3.05) is 6.54 Å². The zero-order valence-corrected chi connectivity index (χ0v) is 8.78. The molecule has 0 aromatic carbocycles. The number of aromatic nitrogens is 1. The predicted octanol–water partition coefficient (Wildman–Crippen LogP) is 1.52. The van der Waals surface area contributed by atoms with Crippen LogP contribution in [0.5, 0.6) is 0 Å². The molecule has 0 atom stereocenters. The van der Waals surface area contributed by atoms with Crippen molar-refractivity contribution in [3.63, 3.8) is 0 Å². The summed E-state index contributed by atoms with van der Waals surface area (Å²) in [5.74, 6) is 0.0659. The first-order valence-corrected chi connectivity index (χ1v) is 5.28. The highest BCUT2D eigenvalue weighted by molar-refractivity contribution is 7.09. The van der Waals surface area contributed by atoms with E-state index < -0.39 is 0 Å². The standard InChI is InChI=1S/C9H14N2OS/c1-3-4-10-8(12)5-9-11-7(2)6-13-9/h6H,3-5H2,1-2H3,(H,10,12). The Morgan fingerprint density at radius 1 is 1.69 bits per heavy atom. The molecule has 72 valence electrons. The molecule has 1 heterocycles. The van der Waals surface area contributed by atoms with E-state index in [1.807, 2.05) is 19.2 Å². The van der Waals surface area contributed by atoms with Gasteiger partial charge in [0.05, 0.1) is 6.42 Å². The van der Waals surface area contributed by atoms with Crippen molar-refractivity contribution in [3.8, 4) is 0 Å². The van der Waals surface area contributed by atoms with Crippen LogP contribution in [0.25, 0.3) is 0 Å². The van der Waals surface area contributed by atoms with Crippen molar-refractivity contribution in [1.29, 1.82) is 0 Å². The van der Waals surface area contributed by atoms with Gasteiger partial charge in [0.25, 0.3) is 0 Å². The van der Waals surface area contributed by atoms with Gasteiger partial charge in [-0.25, -0.2) is 4.98 Å². The van der Waals surface area contributed by atoms with E-state index in [-0.39, 0.29) is 5.91 Å². The number of nitrogens with one attached hydrogen (secondary N) is 1. The van der Waals surface area contributed by atoms with Gasteiger partial charge in [-0.1, -0.05) is 6.92 Å². The number of nitrogens with zero attached hydrogens (tertiary/aromatic N) is 1. The molecule has 0 aliphatic rings. The second-order valence-corrected chi connectivity index (χ2v) is 3.85. The van der Waals surface area contributed by atoms with Crippen molar-refractivity contribution >= 4 is 17.2 Å². The maximum atomic E-state index is 11.2. The Hall–Kier alpha value is -0.900. The van der Waals surface area contributed by atoms with E-state index in [0.717, 1.165) is 23.7 Å². The first-order valence-electron chi connectivity index (χ1n) is 4.40. The van der Waals surface area contributed by atoms with Gasteiger partial charge in [-0.3, -0.25) is 4.79 Å². The van der Waals surface area contributed by atoms with Crippen LogP contribution >= 0.6 is 11.3 Å². The first kappa shape index (κ1) is 10.2. The zero-order valence-electron chi connectivity index (χ0n) is 7.96. The quantitative estimate of drug-likeness (QED) is 0.797. The van der Waals surface area contributed by atoms with Gasteiger partial charge >= 0.3 is 0 Å². The Labute approximate surface area is 82.2 Å². The maximum absolute atomic E-state index is 11.2. The SMILES string of the molecule is CCCNC(=O)Cc1nc(C)cs1. The van der Waals surface area contributed by atoms with Gasteiger partial charge in [-0.05, 0) is 13.3 Å². The van der Waals surface area contributed by atoms with Crippen molar-refractivity contribution in [2.24, 2.45) is 0 Å². The summed E-state index contributed by atoms with van der Waals surface area (Å²) in [5, 5.41) is 5.67. The van der Waals surface area contributed by atoms with E-state index in [0.29, 0.717) is 6.42 Å². The van der Waals surface area contributed by atoms with Crippen LogP contribution in [0.3, 0.4) is 0 Å². The third-order valence-electron chi connectivity index (χ3n) is 1.55. The number of aryl methyl sites for hydroxylation is 1. The number of rotatable bonds is 4. The number of carbonyl (C=O) groups is 1. The van der Waals surface area contributed by atoms with Gasteiger partial charge in [0.1, 0.15) is 5.01 Å². The summed E-state index contributed by atoms with van der Waals surface area (Å²) in [5.41, 5.74) is 0.989. The van der Waals surface area contributed by atoms with Crippen LogP contribution < -0.4 is 5.32 Å². The molecular weight excluding hydrogens is 184 g/mol. The van der Waals surface area contributed by atoms with E-state index in [9.17, 15) is 4.79 Å². The Bertz CT molecular complexity index is 283. The van der Waals surface area contributed by atoms with E-state index >= 15 is 0 Å². The molecule has 1 amide bonds. The van der Waals surface area contributed by atoms with Crippen LogP contribution in [-0.4, -0.2) is 17.4 Å². The lowest BCUT2D eigenvalue weighted by molar-refractivity contribution is -0.120. The summed E-state index contributed by atoms with van der Waals surface area (Å²) >= 11 is 1.54. The van der Waals surface area contributed by atoms with Gasteiger partial charge in [0.15, 0.2) is 0 Å². The van der Waals surface area contributed by atoms with E-state index in [4.69, 9.17) is 0 Å². The fourth-order valence-electron chi connectivity index (χ4n) is 0.948. The second-order valence-electron chi connectivity index (χ2n) is 2.91. The Balaban J connectivity index is 2.36. The monoisotopic (exact) mass is 198 g/mol. The van der Waals surface area contributed by atoms with Crippen molar-refractivity contribution in [2.45, 2.75) is 26.7 Å². The molecule has 13 heavy (non-hydrogen) atoms. The first-order chi connectivity index (χ1) is 6.22. The minimum atomic E-state index is 0.0659. The number of thiazole rings is 1. The van der Waals surface area contributed by atoms with Gasteiger partial charge in [0, 0.05) is 17.6 Å². The summed E-state index contributed by atoms with van der Waals surface area (Å²) < 4.78 is 0. The molecule has 0 fully saturated rings. The molecule has 1 N–H and O–H groups in total. The van der Waals surface area contributed by atoms with Crippen molar-refractivity contribution in [1.82, 2.24) is 10.3 Å². The summed E-state index contributed by atoms with van der Waals surface area (Å²) in [6.45, 7) is 4.72. The average Bonchev–Trinajstić information content (AvgIpc) is 2.48. The molecular formula is C9H14N2OS. The Morgan fingerprint density at radius 2 is 2.46 bits per heavy atom. The van der Waals surface area contributed by atoms with Gasteiger partial charge in [-0.2, -0.15) is 0 Å². The highest BCUT2D eigenvalue weighted by Crippen LogP contribution is 2.08. The molecule has 0 aliphatic carbocycles. The van der Waals surface area contributed by atoms with Crippen LogP contribution in [0.1, 0.15) is 24.0 Å². The van der Waals surface area contributed by atoms with Crippen LogP contribution in [0.15, 0.2) is 5.38 Å². The molecule has 0 unspecified atom stereocenters.